The van der Waals surface area contributed by atoms with Crippen LogP contribution in [0.2, 0.25) is 0 Å². The Morgan fingerprint density at radius 3 is 2.43 bits per heavy atom. The van der Waals surface area contributed by atoms with Crippen LogP contribution >= 0.6 is 0 Å². The lowest BCUT2D eigenvalue weighted by atomic mass is 9.87. The molecule has 0 unspecified atom stereocenters. The monoisotopic (exact) mass is 319 g/mol. The first-order chi connectivity index (χ1) is 11.0. The third-order valence-electron chi connectivity index (χ3n) is 4.41. The van der Waals surface area contributed by atoms with Gasteiger partial charge in [-0.15, -0.1) is 0 Å². The molecule has 0 spiro atoms. The van der Waals surface area contributed by atoms with Gasteiger partial charge in [0.2, 0.25) is 11.7 Å². The lowest BCUT2D eigenvalue weighted by Gasteiger charge is -2.27. The van der Waals surface area contributed by atoms with Gasteiger partial charge in [0.25, 0.3) is 0 Å². The molecule has 0 aromatic heterocycles. The van der Waals surface area contributed by atoms with Crippen LogP contribution in [0.4, 0.5) is 0 Å². The molecule has 1 amide bonds. The van der Waals surface area contributed by atoms with Crippen LogP contribution in [0.5, 0.6) is 0 Å². The van der Waals surface area contributed by atoms with Crippen molar-refractivity contribution in [2.45, 2.75) is 46.0 Å². The second kappa shape index (κ2) is 7.57. The van der Waals surface area contributed by atoms with Crippen molar-refractivity contribution in [3.05, 3.63) is 23.0 Å². The maximum atomic E-state index is 12.5. The van der Waals surface area contributed by atoms with Gasteiger partial charge in [-0.2, -0.15) is 0 Å². The molecule has 1 fully saturated rings. The predicted molar refractivity (Wildman–Crippen MR) is 86.6 cm³/mol. The summed E-state index contributed by atoms with van der Waals surface area (Å²) in [5, 5.41) is 0. The van der Waals surface area contributed by atoms with Crippen LogP contribution in [-0.4, -0.2) is 42.6 Å². The minimum Gasteiger partial charge on any atom is -0.492 e. The maximum Gasteiger partial charge on any atom is 0.224 e. The van der Waals surface area contributed by atoms with E-state index >= 15 is 0 Å². The Hall–Kier alpha value is -1.91. The summed E-state index contributed by atoms with van der Waals surface area (Å²) in [6.45, 7) is 5.31. The quantitative estimate of drug-likeness (QED) is 0.730. The molecule has 23 heavy (non-hydrogen) atoms. The molecule has 0 N–H and O–H groups in total. The highest BCUT2D eigenvalue weighted by atomic mass is 16.5. The van der Waals surface area contributed by atoms with Crippen LogP contribution in [0.15, 0.2) is 23.0 Å². The normalized spacial score (nSPS) is 19.3. The Labute approximate surface area is 137 Å². The first-order valence-electron chi connectivity index (χ1n) is 8.31. The van der Waals surface area contributed by atoms with E-state index in [0.29, 0.717) is 11.1 Å². The molecule has 2 aliphatic rings. The fraction of sp³-hybridized carbons (Fsp3) is 0.611. The smallest absolute Gasteiger partial charge is 0.224 e. The highest BCUT2D eigenvalue weighted by Gasteiger charge is 2.31. The van der Waals surface area contributed by atoms with Crippen LogP contribution in [0.25, 0.3) is 0 Å². The van der Waals surface area contributed by atoms with Gasteiger partial charge in [-0.1, -0.05) is 13.8 Å². The summed E-state index contributed by atoms with van der Waals surface area (Å²) in [5.41, 5.74) is 0.796. The number of allylic oxidation sites excluding steroid dienone is 3. The Balaban J connectivity index is 2.04. The van der Waals surface area contributed by atoms with Crippen LogP contribution in [0.3, 0.4) is 0 Å². The van der Waals surface area contributed by atoms with Crippen molar-refractivity contribution in [3.63, 3.8) is 0 Å². The average molecular weight is 319 g/mol. The van der Waals surface area contributed by atoms with Gasteiger partial charge in [0.15, 0.2) is 11.5 Å². The largest absolute Gasteiger partial charge is 0.492 e. The molecular formula is C18H25NO4. The summed E-state index contributed by atoms with van der Waals surface area (Å²) >= 11 is 0. The van der Waals surface area contributed by atoms with Crippen molar-refractivity contribution in [1.29, 1.82) is 0 Å². The highest BCUT2D eigenvalue weighted by Crippen LogP contribution is 2.27. The zero-order valence-electron chi connectivity index (χ0n) is 14.2. The Morgan fingerprint density at radius 1 is 1.22 bits per heavy atom. The summed E-state index contributed by atoms with van der Waals surface area (Å²) in [6.07, 6.45) is 5.18. The molecule has 2 rings (SSSR count). The fourth-order valence-corrected chi connectivity index (χ4v) is 3.16. The SMILES string of the molecule is COC1=C(C(C)C)C(=O)C=C(CCC(=O)N2CCCCC2)C1=O. The number of ether oxygens (including phenoxy) is 1. The molecule has 126 valence electrons. The number of methoxy groups -OCH3 is 1. The van der Waals surface area contributed by atoms with Crippen LogP contribution in [-0.2, 0) is 19.1 Å². The fourth-order valence-electron chi connectivity index (χ4n) is 3.16. The van der Waals surface area contributed by atoms with Crippen molar-refractivity contribution in [3.8, 4) is 0 Å². The van der Waals surface area contributed by atoms with Crippen molar-refractivity contribution in [2.24, 2.45) is 5.92 Å². The molecule has 1 aliphatic heterocycles. The Morgan fingerprint density at radius 2 is 1.87 bits per heavy atom. The summed E-state index contributed by atoms with van der Waals surface area (Å²) in [7, 11) is 1.41. The van der Waals surface area contributed by atoms with Crippen molar-refractivity contribution >= 4 is 17.5 Å². The van der Waals surface area contributed by atoms with Gasteiger partial charge in [-0.05, 0) is 37.7 Å². The van der Waals surface area contributed by atoms with Gasteiger partial charge < -0.3 is 9.64 Å². The summed E-state index contributed by atoms with van der Waals surface area (Å²) < 4.78 is 5.17. The number of carbonyl (C=O) groups excluding carboxylic acids is 3. The van der Waals surface area contributed by atoms with E-state index in [4.69, 9.17) is 4.74 Å². The molecule has 1 aliphatic carbocycles. The van der Waals surface area contributed by atoms with Crippen LogP contribution < -0.4 is 0 Å². The maximum absolute atomic E-state index is 12.5. The first-order valence-corrected chi connectivity index (χ1v) is 8.31. The molecular weight excluding hydrogens is 294 g/mol. The van der Waals surface area contributed by atoms with Gasteiger partial charge in [-0.3, -0.25) is 14.4 Å². The number of likely N-dealkylation sites (tertiary alicyclic amines) is 1. The van der Waals surface area contributed by atoms with Gasteiger partial charge in [0.05, 0.1) is 7.11 Å². The molecule has 0 aromatic carbocycles. The number of hydrogen-bond donors (Lipinski definition) is 0. The summed E-state index contributed by atoms with van der Waals surface area (Å²) in [5.74, 6) is -0.329. The highest BCUT2D eigenvalue weighted by molar-refractivity contribution is 6.22. The molecule has 1 saturated heterocycles. The van der Waals surface area contributed by atoms with E-state index in [2.05, 4.69) is 0 Å². The summed E-state index contributed by atoms with van der Waals surface area (Å²) in [6, 6.07) is 0. The zero-order valence-corrected chi connectivity index (χ0v) is 14.2. The van der Waals surface area contributed by atoms with E-state index in [1.807, 2.05) is 18.7 Å². The number of ketones is 2. The van der Waals surface area contributed by atoms with E-state index < -0.39 is 0 Å². The topological polar surface area (TPSA) is 63.7 Å². The second-order valence-corrected chi connectivity index (χ2v) is 6.41. The van der Waals surface area contributed by atoms with Crippen LogP contribution in [0.1, 0.15) is 46.0 Å². The minimum atomic E-state index is -0.262. The summed E-state index contributed by atoms with van der Waals surface area (Å²) in [4.78, 5) is 38.8. The van der Waals surface area contributed by atoms with E-state index in [1.54, 1.807) is 0 Å². The zero-order chi connectivity index (χ0) is 17.0. The van der Waals surface area contributed by atoms with Gasteiger partial charge in [0, 0.05) is 30.7 Å². The lowest BCUT2D eigenvalue weighted by Crippen LogP contribution is -2.35. The molecule has 0 aromatic rings. The Bertz CT molecular complexity index is 566. The average Bonchev–Trinajstić information content (AvgIpc) is 2.54. The van der Waals surface area contributed by atoms with Gasteiger partial charge in [-0.25, -0.2) is 0 Å². The van der Waals surface area contributed by atoms with Crippen molar-refractivity contribution in [1.82, 2.24) is 4.90 Å². The second-order valence-electron chi connectivity index (χ2n) is 6.41. The first kappa shape index (κ1) is 17.4. The van der Waals surface area contributed by atoms with E-state index in [0.717, 1.165) is 25.9 Å². The third-order valence-corrected chi connectivity index (χ3v) is 4.41. The minimum absolute atomic E-state index is 0.0588. The van der Waals surface area contributed by atoms with Crippen molar-refractivity contribution < 1.29 is 19.1 Å². The lowest BCUT2D eigenvalue weighted by molar-refractivity contribution is -0.132. The number of nitrogens with zero attached hydrogens (tertiary/aromatic N) is 1. The van der Waals surface area contributed by atoms with E-state index in [9.17, 15) is 14.4 Å². The number of hydrogen-bond acceptors (Lipinski definition) is 4. The molecule has 5 nitrogen and oxygen atoms in total. The number of Topliss-reactive ketones (excluding diaryl/α,β-unsaturated/α-hetero) is 1. The van der Waals surface area contributed by atoms with Crippen molar-refractivity contribution in [2.75, 3.05) is 20.2 Å². The van der Waals surface area contributed by atoms with E-state index in [-0.39, 0.29) is 42.0 Å². The predicted octanol–water partition coefficient (Wildman–Crippen LogP) is 2.41. The van der Waals surface area contributed by atoms with Crippen LogP contribution in [0, 0.1) is 5.92 Å². The molecule has 0 atom stereocenters. The third kappa shape index (κ3) is 3.89. The van der Waals surface area contributed by atoms with E-state index in [1.165, 1.54) is 19.6 Å². The molecule has 0 radical (unpaired) electrons. The number of piperidine rings is 1. The number of carbonyl (C=O) groups is 3. The number of amides is 1. The molecule has 1 heterocycles. The molecule has 0 bridgehead atoms. The Kier molecular flexibility index (Phi) is 5.74. The standard InChI is InChI=1S/C18H25NO4/c1-12(2)16-14(20)11-13(17(22)18(16)23-3)7-8-15(21)19-9-5-4-6-10-19/h11-12H,4-10H2,1-3H3. The van der Waals surface area contributed by atoms with Gasteiger partial charge >= 0.3 is 0 Å². The number of rotatable bonds is 5. The molecule has 5 heteroatoms. The van der Waals surface area contributed by atoms with Gasteiger partial charge in [0.1, 0.15) is 0 Å². The molecule has 0 saturated carbocycles.